The van der Waals surface area contributed by atoms with E-state index >= 15 is 0 Å². The summed E-state index contributed by atoms with van der Waals surface area (Å²) in [4.78, 5) is 0. The van der Waals surface area contributed by atoms with E-state index in [0.717, 1.165) is 0 Å². The highest BCUT2D eigenvalue weighted by atomic mass is 35.5. The first-order valence-corrected chi connectivity index (χ1v) is 7.37. The number of ether oxygens (including phenoxy) is 1. The van der Waals surface area contributed by atoms with Gasteiger partial charge in [0.05, 0.1) is 16.7 Å². The second-order valence-corrected chi connectivity index (χ2v) is 5.59. The molecule has 0 aliphatic heterocycles. The van der Waals surface area contributed by atoms with Crippen molar-refractivity contribution < 1.29 is 22.3 Å². The van der Waals surface area contributed by atoms with Gasteiger partial charge in [0.25, 0.3) is 0 Å². The molecule has 0 N–H and O–H groups in total. The number of benzene rings is 2. The summed E-state index contributed by atoms with van der Waals surface area (Å²) in [7, 11) is 0. The number of halogens is 6. The van der Waals surface area contributed by atoms with E-state index in [0.29, 0.717) is 29.1 Å². The maximum absolute atomic E-state index is 13.9. The molecule has 8 heteroatoms. The summed E-state index contributed by atoms with van der Waals surface area (Å²) in [5.41, 5.74) is -0.609. The van der Waals surface area contributed by atoms with Crippen LogP contribution in [0.2, 0.25) is 10.0 Å². The Morgan fingerprint density at radius 2 is 1.79 bits per heavy atom. The van der Waals surface area contributed by atoms with Crippen molar-refractivity contribution in [2.75, 3.05) is 0 Å². The molecule has 2 rings (SSSR count). The molecule has 0 aliphatic carbocycles. The van der Waals surface area contributed by atoms with Crippen molar-refractivity contribution in [2.24, 2.45) is 0 Å². The Bertz CT molecular complexity index is 777. The van der Waals surface area contributed by atoms with Crippen molar-refractivity contribution >= 4 is 23.2 Å². The van der Waals surface area contributed by atoms with Gasteiger partial charge in [-0.2, -0.15) is 18.4 Å². The number of hydrogen-bond donors (Lipinski definition) is 0. The first kappa shape index (κ1) is 18.4. The minimum Gasteiger partial charge on any atom is -0.453 e. The quantitative estimate of drug-likeness (QED) is 0.577. The molecule has 0 amide bonds. The third-order valence-electron chi connectivity index (χ3n) is 3.07. The number of nitrogens with zero attached hydrogens (tertiary/aromatic N) is 1. The van der Waals surface area contributed by atoms with Crippen LogP contribution in [0.3, 0.4) is 0 Å². The van der Waals surface area contributed by atoms with E-state index in [1.54, 1.807) is 0 Å². The van der Waals surface area contributed by atoms with Crippen LogP contribution in [0.4, 0.5) is 17.6 Å². The molecule has 0 fully saturated rings. The van der Waals surface area contributed by atoms with Crippen LogP contribution in [0.1, 0.15) is 17.5 Å². The lowest BCUT2D eigenvalue weighted by Gasteiger charge is -2.13. The molecule has 0 spiro atoms. The Hall–Kier alpha value is -1.97. The van der Waals surface area contributed by atoms with E-state index in [2.05, 4.69) is 0 Å². The second-order valence-electron chi connectivity index (χ2n) is 4.78. The summed E-state index contributed by atoms with van der Waals surface area (Å²) in [6.45, 7) is 0. The Kier molecular flexibility index (Phi) is 5.58. The molecule has 2 aromatic rings. The molecule has 0 bridgehead atoms. The molecule has 2 nitrogen and oxygen atoms in total. The number of nitriles is 1. The van der Waals surface area contributed by atoms with Crippen LogP contribution in [0.25, 0.3) is 0 Å². The fourth-order valence-electron chi connectivity index (χ4n) is 1.94. The van der Waals surface area contributed by atoms with E-state index in [1.165, 1.54) is 18.2 Å². The summed E-state index contributed by atoms with van der Waals surface area (Å²) in [6, 6.07) is 7.25. The predicted molar refractivity (Wildman–Crippen MR) is 81.9 cm³/mol. The standard InChI is InChI=1S/C16H9Cl2F4NO/c17-12-4-3-11(6-9(12)2-1-5-23)24-15-13(18)7-10(8-14(15)19)16(20,21)22/h3-4,6-8H,1-2H2. The van der Waals surface area contributed by atoms with Crippen molar-refractivity contribution in [3.05, 3.63) is 57.3 Å². The lowest BCUT2D eigenvalue weighted by Crippen LogP contribution is -2.06. The van der Waals surface area contributed by atoms with Gasteiger partial charge in [-0.25, -0.2) is 4.39 Å². The average molecular weight is 378 g/mol. The van der Waals surface area contributed by atoms with Crippen molar-refractivity contribution in [2.45, 2.75) is 19.0 Å². The Morgan fingerprint density at radius 3 is 2.38 bits per heavy atom. The molecule has 2 aromatic carbocycles. The third-order valence-corrected chi connectivity index (χ3v) is 3.72. The normalized spacial score (nSPS) is 11.2. The molecule has 0 saturated heterocycles. The number of hydrogen-bond acceptors (Lipinski definition) is 2. The van der Waals surface area contributed by atoms with Crippen molar-refractivity contribution in [1.82, 2.24) is 0 Å². The van der Waals surface area contributed by atoms with Crippen molar-refractivity contribution in [3.8, 4) is 17.6 Å². The topological polar surface area (TPSA) is 33.0 Å². The lowest BCUT2D eigenvalue weighted by molar-refractivity contribution is -0.137. The lowest BCUT2D eigenvalue weighted by atomic mass is 10.1. The van der Waals surface area contributed by atoms with E-state index in [9.17, 15) is 17.6 Å². The van der Waals surface area contributed by atoms with Crippen LogP contribution in [-0.4, -0.2) is 0 Å². The molecular weight excluding hydrogens is 369 g/mol. The molecule has 0 saturated carbocycles. The van der Waals surface area contributed by atoms with Gasteiger partial charge in [-0.05, 0) is 42.3 Å². The van der Waals surface area contributed by atoms with Crippen molar-refractivity contribution in [1.29, 1.82) is 5.26 Å². The molecule has 24 heavy (non-hydrogen) atoms. The number of aryl methyl sites for hydroxylation is 1. The van der Waals surface area contributed by atoms with Gasteiger partial charge in [-0.1, -0.05) is 23.2 Å². The largest absolute Gasteiger partial charge is 0.453 e. The van der Waals surface area contributed by atoms with Gasteiger partial charge in [-0.3, -0.25) is 0 Å². The fourth-order valence-corrected chi connectivity index (χ4v) is 2.39. The molecule has 0 atom stereocenters. The maximum Gasteiger partial charge on any atom is 0.416 e. The first-order chi connectivity index (χ1) is 11.2. The van der Waals surface area contributed by atoms with Crippen LogP contribution in [0, 0.1) is 17.1 Å². The molecule has 0 heterocycles. The summed E-state index contributed by atoms with van der Waals surface area (Å²) in [5.74, 6) is -1.60. The molecule has 0 radical (unpaired) electrons. The molecule has 126 valence electrons. The maximum atomic E-state index is 13.9. The van der Waals surface area contributed by atoms with Gasteiger partial charge in [-0.15, -0.1) is 0 Å². The summed E-state index contributed by atoms with van der Waals surface area (Å²) < 4.78 is 57.0. The van der Waals surface area contributed by atoms with Gasteiger partial charge in [0.15, 0.2) is 11.6 Å². The zero-order valence-electron chi connectivity index (χ0n) is 11.9. The van der Waals surface area contributed by atoms with Crippen LogP contribution < -0.4 is 4.74 Å². The molecular formula is C16H9Cl2F4NO. The number of alkyl halides is 3. The molecule has 0 aliphatic rings. The third kappa shape index (κ3) is 4.31. The fraction of sp³-hybridized carbons (Fsp3) is 0.188. The van der Waals surface area contributed by atoms with Gasteiger partial charge < -0.3 is 4.74 Å². The van der Waals surface area contributed by atoms with E-state index in [-0.39, 0.29) is 12.2 Å². The summed E-state index contributed by atoms with van der Waals surface area (Å²) in [6.07, 6.45) is -4.14. The SMILES string of the molecule is N#CCCc1cc(Oc2c(F)cc(C(F)(F)F)cc2Cl)ccc1Cl. The highest BCUT2D eigenvalue weighted by Gasteiger charge is 2.32. The van der Waals surface area contributed by atoms with Gasteiger partial charge >= 0.3 is 6.18 Å². The smallest absolute Gasteiger partial charge is 0.416 e. The first-order valence-electron chi connectivity index (χ1n) is 6.62. The zero-order valence-corrected chi connectivity index (χ0v) is 13.4. The van der Waals surface area contributed by atoms with Crippen LogP contribution in [-0.2, 0) is 12.6 Å². The Morgan fingerprint density at radius 1 is 1.08 bits per heavy atom. The van der Waals surface area contributed by atoms with E-state index in [4.69, 9.17) is 33.2 Å². The monoisotopic (exact) mass is 377 g/mol. The number of rotatable bonds is 4. The van der Waals surface area contributed by atoms with E-state index in [1.807, 2.05) is 6.07 Å². The average Bonchev–Trinajstić information content (AvgIpc) is 2.50. The molecule has 0 unspecified atom stereocenters. The molecule has 0 aromatic heterocycles. The van der Waals surface area contributed by atoms with Crippen LogP contribution in [0.5, 0.6) is 11.5 Å². The van der Waals surface area contributed by atoms with Gasteiger partial charge in [0.2, 0.25) is 0 Å². The minimum absolute atomic E-state index is 0.146. The van der Waals surface area contributed by atoms with Crippen LogP contribution in [0.15, 0.2) is 30.3 Å². The van der Waals surface area contributed by atoms with Crippen molar-refractivity contribution in [3.63, 3.8) is 0 Å². The summed E-state index contributed by atoms with van der Waals surface area (Å²) >= 11 is 11.7. The van der Waals surface area contributed by atoms with E-state index < -0.39 is 28.3 Å². The second kappa shape index (κ2) is 7.29. The summed E-state index contributed by atoms with van der Waals surface area (Å²) in [5, 5.41) is 8.50. The predicted octanol–water partition coefficient (Wildman–Crippen LogP) is 6.40. The minimum atomic E-state index is -4.71. The highest BCUT2D eigenvalue weighted by Crippen LogP contribution is 2.39. The van der Waals surface area contributed by atoms with Crippen LogP contribution >= 0.6 is 23.2 Å². The Labute approximate surface area is 145 Å². The Balaban J connectivity index is 2.33. The zero-order chi connectivity index (χ0) is 17.9. The van der Waals surface area contributed by atoms with Gasteiger partial charge in [0, 0.05) is 11.4 Å². The van der Waals surface area contributed by atoms with Gasteiger partial charge in [0.1, 0.15) is 5.75 Å². The highest BCUT2D eigenvalue weighted by molar-refractivity contribution is 6.32.